The number of nitrogens with one attached hydrogen (secondary N) is 1. The highest BCUT2D eigenvalue weighted by Gasteiger charge is 2.17. The third kappa shape index (κ3) is 4.59. The molecule has 1 aromatic carbocycles. The second-order valence-electron chi connectivity index (χ2n) is 4.66. The van der Waals surface area contributed by atoms with Gasteiger partial charge in [0.2, 0.25) is 6.41 Å². The standard InChI is InChI=1S/C15H20N2O4/c1-3-5-17(6-4-2)14(19)11-7-12(15(20)21)9-13(8-11)16-10-18/h7-10H,3-6H2,1-2H3,(H,16,18)(H,20,21). The van der Waals surface area contributed by atoms with Gasteiger partial charge in [0.05, 0.1) is 5.56 Å². The smallest absolute Gasteiger partial charge is 0.335 e. The molecule has 0 aliphatic rings. The SMILES string of the molecule is CCCN(CCC)C(=O)c1cc(NC=O)cc(C(=O)O)c1. The minimum absolute atomic E-state index is 0.0295. The number of rotatable bonds is 8. The zero-order chi connectivity index (χ0) is 15.8. The van der Waals surface area contributed by atoms with E-state index in [4.69, 9.17) is 5.11 Å². The van der Waals surface area contributed by atoms with E-state index in [1.165, 1.54) is 18.2 Å². The molecule has 6 nitrogen and oxygen atoms in total. The lowest BCUT2D eigenvalue weighted by Gasteiger charge is -2.22. The van der Waals surface area contributed by atoms with Gasteiger partial charge in [0.15, 0.2) is 0 Å². The number of carbonyl (C=O) groups is 3. The van der Waals surface area contributed by atoms with E-state index in [2.05, 4.69) is 5.32 Å². The summed E-state index contributed by atoms with van der Waals surface area (Å²) in [6.45, 7) is 5.17. The number of hydrogen-bond acceptors (Lipinski definition) is 3. The molecule has 1 rings (SSSR count). The Morgan fingerprint density at radius 2 is 1.71 bits per heavy atom. The molecule has 0 atom stereocenters. The minimum atomic E-state index is -1.14. The van der Waals surface area contributed by atoms with E-state index in [1.807, 2.05) is 13.8 Å². The van der Waals surface area contributed by atoms with Crippen molar-refractivity contribution in [3.63, 3.8) is 0 Å². The van der Waals surface area contributed by atoms with Crippen molar-refractivity contribution in [3.05, 3.63) is 29.3 Å². The number of nitrogens with zero attached hydrogens (tertiary/aromatic N) is 1. The Kier molecular flexibility index (Phi) is 6.39. The van der Waals surface area contributed by atoms with Gasteiger partial charge in [-0.1, -0.05) is 13.8 Å². The number of amides is 2. The van der Waals surface area contributed by atoms with Crippen LogP contribution in [-0.2, 0) is 4.79 Å². The van der Waals surface area contributed by atoms with E-state index in [-0.39, 0.29) is 17.0 Å². The summed E-state index contributed by atoms with van der Waals surface area (Å²) < 4.78 is 0. The average Bonchev–Trinajstić information content (AvgIpc) is 2.46. The zero-order valence-electron chi connectivity index (χ0n) is 12.3. The fourth-order valence-corrected chi connectivity index (χ4v) is 2.06. The number of hydrogen-bond donors (Lipinski definition) is 2. The maximum atomic E-state index is 12.5. The molecule has 1 aromatic rings. The number of carbonyl (C=O) groups excluding carboxylic acids is 2. The van der Waals surface area contributed by atoms with Gasteiger partial charge in [0, 0.05) is 24.3 Å². The van der Waals surface area contributed by atoms with Crippen molar-refractivity contribution in [2.24, 2.45) is 0 Å². The number of aromatic carboxylic acids is 1. The minimum Gasteiger partial charge on any atom is -0.478 e. The highest BCUT2D eigenvalue weighted by atomic mass is 16.4. The Balaban J connectivity index is 3.16. The fraction of sp³-hybridized carbons (Fsp3) is 0.400. The maximum absolute atomic E-state index is 12.5. The molecule has 0 bridgehead atoms. The predicted octanol–water partition coefficient (Wildman–Crippen LogP) is 2.22. The highest BCUT2D eigenvalue weighted by Crippen LogP contribution is 2.17. The molecular formula is C15H20N2O4. The van der Waals surface area contributed by atoms with Crippen LogP contribution in [0.2, 0.25) is 0 Å². The van der Waals surface area contributed by atoms with E-state index in [0.29, 0.717) is 25.2 Å². The van der Waals surface area contributed by atoms with Crippen molar-refractivity contribution in [1.82, 2.24) is 4.90 Å². The molecule has 0 fully saturated rings. The second-order valence-corrected chi connectivity index (χ2v) is 4.66. The van der Waals surface area contributed by atoms with Crippen LogP contribution in [0.4, 0.5) is 5.69 Å². The molecule has 0 spiro atoms. The monoisotopic (exact) mass is 292 g/mol. The van der Waals surface area contributed by atoms with E-state index < -0.39 is 5.97 Å². The summed E-state index contributed by atoms with van der Waals surface area (Å²) in [6.07, 6.45) is 2.10. The topological polar surface area (TPSA) is 86.7 Å². The van der Waals surface area contributed by atoms with Crippen LogP contribution in [0.25, 0.3) is 0 Å². The quantitative estimate of drug-likeness (QED) is 0.719. The van der Waals surface area contributed by atoms with Crippen LogP contribution in [0.1, 0.15) is 47.4 Å². The van der Waals surface area contributed by atoms with Gasteiger partial charge in [-0.25, -0.2) is 4.79 Å². The lowest BCUT2D eigenvalue weighted by Crippen LogP contribution is -2.32. The number of carboxylic acids is 1. The normalized spacial score (nSPS) is 10.0. The van der Waals surface area contributed by atoms with Gasteiger partial charge in [-0.05, 0) is 31.0 Å². The van der Waals surface area contributed by atoms with Crippen LogP contribution in [0.5, 0.6) is 0 Å². The lowest BCUT2D eigenvalue weighted by molar-refractivity contribution is -0.105. The maximum Gasteiger partial charge on any atom is 0.335 e. The van der Waals surface area contributed by atoms with Crippen LogP contribution >= 0.6 is 0 Å². The first-order chi connectivity index (χ1) is 10.0. The Hall–Kier alpha value is -2.37. The fourth-order valence-electron chi connectivity index (χ4n) is 2.06. The van der Waals surface area contributed by atoms with E-state index in [1.54, 1.807) is 4.90 Å². The molecule has 0 saturated heterocycles. The molecule has 6 heteroatoms. The molecule has 0 aromatic heterocycles. The van der Waals surface area contributed by atoms with Crippen molar-refractivity contribution in [3.8, 4) is 0 Å². The molecule has 21 heavy (non-hydrogen) atoms. The van der Waals surface area contributed by atoms with Crippen molar-refractivity contribution >= 4 is 24.0 Å². The second kappa shape index (κ2) is 8.04. The van der Waals surface area contributed by atoms with Gasteiger partial charge in [-0.2, -0.15) is 0 Å². The largest absolute Gasteiger partial charge is 0.478 e. The van der Waals surface area contributed by atoms with Crippen LogP contribution in [-0.4, -0.2) is 41.4 Å². The van der Waals surface area contributed by atoms with Gasteiger partial charge in [-0.15, -0.1) is 0 Å². The van der Waals surface area contributed by atoms with Gasteiger partial charge in [0.25, 0.3) is 5.91 Å². The van der Waals surface area contributed by atoms with Gasteiger partial charge >= 0.3 is 5.97 Å². The van der Waals surface area contributed by atoms with Crippen LogP contribution < -0.4 is 5.32 Å². The predicted molar refractivity (Wildman–Crippen MR) is 79.6 cm³/mol. The zero-order valence-corrected chi connectivity index (χ0v) is 12.3. The average molecular weight is 292 g/mol. The van der Waals surface area contributed by atoms with Crippen molar-refractivity contribution in [2.75, 3.05) is 18.4 Å². The first-order valence-corrected chi connectivity index (χ1v) is 6.91. The third-order valence-corrected chi connectivity index (χ3v) is 2.93. The first kappa shape index (κ1) is 16.7. The third-order valence-electron chi connectivity index (χ3n) is 2.93. The molecule has 0 aliphatic carbocycles. The van der Waals surface area contributed by atoms with Gasteiger partial charge < -0.3 is 15.3 Å². The van der Waals surface area contributed by atoms with Gasteiger partial charge in [-0.3, -0.25) is 9.59 Å². The molecule has 2 N–H and O–H groups in total. The van der Waals surface area contributed by atoms with Crippen LogP contribution in [0, 0.1) is 0 Å². The summed E-state index contributed by atoms with van der Waals surface area (Å²) in [7, 11) is 0. The molecular weight excluding hydrogens is 272 g/mol. The number of anilines is 1. The summed E-state index contributed by atoms with van der Waals surface area (Å²) in [6, 6.07) is 4.14. The molecule has 0 saturated carbocycles. The van der Waals surface area contributed by atoms with Gasteiger partial charge in [0.1, 0.15) is 0 Å². The Labute approximate surface area is 123 Å². The van der Waals surface area contributed by atoms with Crippen LogP contribution in [0.15, 0.2) is 18.2 Å². The van der Waals surface area contributed by atoms with Crippen molar-refractivity contribution in [2.45, 2.75) is 26.7 Å². The molecule has 0 radical (unpaired) electrons. The summed E-state index contributed by atoms with van der Waals surface area (Å²) in [5.41, 5.74) is 0.528. The van der Waals surface area contributed by atoms with Crippen LogP contribution in [0.3, 0.4) is 0 Å². The van der Waals surface area contributed by atoms with Crippen molar-refractivity contribution < 1.29 is 19.5 Å². The summed E-state index contributed by atoms with van der Waals surface area (Å²) in [5, 5.41) is 11.5. The number of benzene rings is 1. The lowest BCUT2D eigenvalue weighted by atomic mass is 10.1. The Morgan fingerprint density at radius 3 is 2.19 bits per heavy atom. The molecule has 2 amide bonds. The highest BCUT2D eigenvalue weighted by molar-refractivity contribution is 5.99. The van der Waals surface area contributed by atoms with Crippen molar-refractivity contribution in [1.29, 1.82) is 0 Å². The summed E-state index contributed by atoms with van der Waals surface area (Å²) in [5.74, 6) is -1.37. The van der Waals surface area contributed by atoms with E-state index in [0.717, 1.165) is 12.8 Å². The summed E-state index contributed by atoms with van der Waals surface area (Å²) in [4.78, 5) is 35.8. The summed E-state index contributed by atoms with van der Waals surface area (Å²) >= 11 is 0. The Bertz CT molecular complexity index is 522. The molecule has 0 heterocycles. The first-order valence-electron chi connectivity index (χ1n) is 6.91. The Morgan fingerprint density at radius 1 is 1.14 bits per heavy atom. The molecule has 114 valence electrons. The van der Waals surface area contributed by atoms with E-state index in [9.17, 15) is 14.4 Å². The number of carboxylic acid groups (broad SMARTS) is 1. The van der Waals surface area contributed by atoms with E-state index >= 15 is 0 Å². The molecule has 0 aliphatic heterocycles. The molecule has 0 unspecified atom stereocenters.